The van der Waals surface area contributed by atoms with Gasteiger partial charge in [-0.3, -0.25) is 28.8 Å². The van der Waals surface area contributed by atoms with Crippen molar-refractivity contribution in [2.24, 2.45) is 0 Å². The molecule has 738 valence electrons. The van der Waals surface area contributed by atoms with Crippen LogP contribution < -0.4 is 31.9 Å². The minimum Gasteiger partial charge on any atom is -0.394 e. The zero-order valence-corrected chi connectivity index (χ0v) is 69.6. The molecule has 10 fully saturated rings. The summed E-state index contributed by atoms with van der Waals surface area (Å²) in [5.74, 6) is -5.41. The van der Waals surface area contributed by atoms with E-state index in [2.05, 4.69) is 31.9 Å². The highest BCUT2D eigenvalue weighted by molar-refractivity contribution is 5.75. The second kappa shape index (κ2) is 46.1. The Morgan fingerprint density at radius 1 is 0.219 bits per heavy atom. The second-order valence-electron chi connectivity index (χ2n) is 32.5. The van der Waals surface area contributed by atoms with Crippen LogP contribution in [-0.2, 0) is 119 Å². The van der Waals surface area contributed by atoms with E-state index in [1.165, 1.54) is 6.92 Å². The van der Waals surface area contributed by atoms with E-state index in [1.807, 2.05) is 0 Å². The van der Waals surface area contributed by atoms with Crippen molar-refractivity contribution in [3.8, 4) is 0 Å². The average molecular weight is 1870 g/mol. The molecule has 1 unspecified atom stereocenters. The highest BCUT2D eigenvalue weighted by Crippen LogP contribution is 2.41. The zero-order chi connectivity index (χ0) is 94.4. The molecule has 0 aliphatic carbocycles. The van der Waals surface area contributed by atoms with Gasteiger partial charge in [0.05, 0.1) is 65.6 Å². The van der Waals surface area contributed by atoms with Gasteiger partial charge in [0, 0.05) is 41.5 Å². The van der Waals surface area contributed by atoms with Crippen LogP contribution in [0.2, 0.25) is 0 Å². The molecule has 0 aromatic carbocycles. The maximum Gasteiger partial charge on any atom is 0.217 e. The van der Waals surface area contributed by atoms with Crippen LogP contribution in [0.25, 0.3) is 0 Å². The molecule has 10 aliphatic heterocycles. The monoisotopic (exact) mass is 1870 g/mol. The molecule has 0 aromatic heterocycles. The van der Waals surface area contributed by atoms with E-state index in [9.17, 15) is 156 Å². The van der Waals surface area contributed by atoms with Crippen LogP contribution in [0.15, 0.2) is 0 Å². The van der Waals surface area contributed by atoms with Gasteiger partial charge < -0.3 is 250 Å². The third-order valence-corrected chi connectivity index (χ3v) is 23.2. The molecule has 0 saturated carbocycles. The van der Waals surface area contributed by atoms with Gasteiger partial charge in [-0.1, -0.05) is 0 Å². The Labute approximate surface area is 726 Å². The largest absolute Gasteiger partial charge is 0.394 e. The van der Waals surface area contributed by atoms with Crippen molar-refractivity contribution in [1.82, 2.24) is 31.9 Å². The predicted octanol–water partition coefficient (Wildman–Crippen LogP) is -20.9. The molecule has 50 atom stereocenters. The van der Waals surface area contributed by atoms with Gasteiger partial charge >= 0.3 is 0 Å². The van der Waals surface area contributed by atoms with Crippen molar-refractivity contribution in [1.29, 1.82) is 0 Å². The fourth-order valence-electron chi connectivity index (χ4n) is 16.6. The van der Waals surface area contributed by atoms with E-state index < -0.39 is 402 Å². The fraction of sp³-hybridized carbons (Fsp3) is 0.917. The molecule has 10 aliphatic rings. The normalized spacial score (nSPS) is 47.8. The summed E-state index contributed by atoms with van der Waals surface area (Å²) in [5.41, 5.74) is 0. The quantitative estimate of drug-likeness (QED) is 0.0290. The van der Waals surface area contributed by atoms with Crippen LogP contribution in [0.5, 0.6) is 0 Å². The first-order chi connectivity index (χ1) is 60.5. The molecule has 0 radical (unpaired) electrons. The molecule has 10 saturated heterocycles. The van der Waals surface area contributed by atoms with Crippen molar-refractivity contribution >= 4 is 35.4 Å². The highest BCUT2D eigenvalue weighted by atomic mass is 16.8. The topological polar surface area (TPSA) is 856 Å². The fourth-order valence-corrected chi connectivity index (χ4v) is 16.6. The number of hydrogen-bond donors (Lipinski definition) is 31. The third-order valence-electron chi connectivity index (χ3n) is 23.2. The van der Waals surface area contributed by atoms with E-state index in [1.54, 1.807) is 0 Å². The molecular formula is C72H120N6O50. The lowest BCUT2D eigenvalue weighted by molar-refractivity contribution is -0.398. The second-order valence-corrected chi connectivity index (χ2v) is 32.5. The van der Waals surface area contributed by atoms with Gasteiger partial charge in [-0.25, -0.2) is 0 Å². The molecule has 10 heterocycles. The Kier molecular flexibility index (Phi) is 37.8. The number of carbonyl (C=O) groups is 6. The Balaban J connectivity index is 0.993. The first-order valence-corrected chi connectivity index (χ1v) is 41.0. The van der Waals surface area contributed by atoms with Crippen molar-refractivity contribution in [3.05, 3.63) is 0 Å². The van der Waals surface area contributed by atoms with Crippen LogP contribution >= 0.6 is 0 Å². The van der Waals surface area contributed by atoms with Gasteiger partial charge in [0.2, 0.25) is 35.4 Å². The van der Waals surface area contributed by atoms with Crippen LogP contribution in [0.1, 0.15) is 48.5 Å². The van der Waals surface area contributed by atoms with Crippen molar-refractivity contribution in [3.63, 3.8) is 0 Å². The maximum absolute atomic E-state index is 13.3. The van der Waals surface area contributed by atoms with Gasteiger partial charge in [0.15, 0.2) is 62.9 Å². The smallest absolute Gasteiger partial charge is 0.217 e. The van der Waals surface area contributed by atoms with Gasteiger partial charge in [0.1, 0.15) is 238 Å². The minimum absolute atomic E-state index is 0.812. The molecule has 128 heavy (non-hydrogen) atoms. The molecule has 0 spiro atoms. The summed E-state index contributed by atoms with van der Waals surface area (Å²) in [6.07, 6.45) is -90.9. The average Bonchev–Trinajstić information content (AvgIpc) is 0.764. The maximum atomic E-state index is 13.3. The van der Waals surface area contributed by atoms with E-state index in [4.69, 9.17) is 90.0 Å². The molecule has 0 aromatic rings. The SMILES string of the molecule is CC(=O)N[C@@H]1[C@H](O[C@@H]2[C@@H](O[C@@H]3[C@H](O)[C@H](O[C@H]4[C@H](O)[C@@H](NC(C)=O)[C@H](O[C@H]5[C@H](O)[C@@H](NC(C)=O)C(O)O[C@@H]5CO[C@@H]5O[C@@H](C)[C@@H](O)[C@@H](O)[C@@H]5O)O[C@@H]4CO)O[C@H](CO[C@H]4O[C@H](CO)[C@@H](O)[C@H](O)[C@@H]4O[C@@H]4O[C@H](CO)[C@@H](O[C@@H]5O[C@H](CO)[C@@H](O)[C@H](O)[C@H]5NC(C)=O)[C@H](O)[C@H]4NC(C)=O)[C@H]3O)O[C@H](CO)[C@@H](O)[C@@H]2O)O[C@H](CO)[C@@H](O[C@@H]2O[C@H](CO)[C@@H](O)[C@H](O)[C@H]2NC(C)=O)[C@@H]1O. The summed E-state index contributed by atoms with van der Waals surface area (Å²) in [5, 5.41) is 297. The molecule has 10 rings (SSSR count). The minimum atomic E-state index is -2.64. The third kappa shape index (κ3) is 23.8. The van der Waals surface area contributed by atoms with Gasteiger partial charge in [0.25, 0.3) is 0 Å². The summed E-state index contributed by atoms with van der Waals surface area (Å²) in [7, 11) is 0. The van der Waals surface area contributed by atoms with E-state index >= 15 is 0 Å². The zero-order valence-electron chi connectivity index (χ0n) is 69.6. The molecule has 0 bridgehead atoms. The van der Waals surface area contributed by atoms with E-state index in [0.29, 0.717) is 0 Å². The Hall–Kier alpha value is -4.94. The lowest BCUT2D eigenvalue weighted by Crippen LogP contribution is -2.71. The summed E-state index contributed by atoms with van der Waals surface area (Å²) in [4.78, 5) is 76.8. The van der Waals surface area contributed by atoms with Crippen LogP contribution in [0.3, 0.4) is 0 Å². The molecule has 6 amide bonds. The first kappa shape index (κ1) is 105. The number of carbonyl (C=O) groups excluding carboxylic acids is 6. The van der Waals surface area contributed by atoms with Crippen LogP contribution in [0.4, 0.5) is 0 Å². The number of aliphatic hydroxyl groups is 25. The summed E-state index contributed by atoms with van der Waals surface area (Å²) in [6, 6.07) is -11.1. The number of nitrogens with one attached hydrogen (secondary N) is 6. The Bertz CT molecular complexity index is 3550. The summed E-state index contributed by atoms with van der Waals surface area (Å²) < 4.78 is 114. The Morgan fingerprint density at radius 2 is 0.484 bits per heavy atom. The summed E-state index contributed by atoms with van der Waals surface area (Å²) >= 11 is 0. The molecular weight excluding hydrogens is 1750 g/mol. The lowest BCUT2D eigenvalue weighted by Gasteiger charge is -2.51. The predicted molar refractivity (Wildman–Crippen MR) is 398 cm³/mol. The van der Waals surface area contributed by atoms with Crippen LogP contribution in [-0.4, -0.2) is 529 Å². The highest BCUT2D eigenvalue weighted by Gasteiger charge is 2.62. The van der Waals surface area contributed by atoms with Gasteiger partial charge in [-0.15, -0.1) is 0 Å². The van der Waals surface area contributed by atoms with E-state index in [-0.39, 0.29) is 0 Å². The first-order valence-electron chi connectivity index (χ1n) is 41.0. The van der Waals surface area contributed by atoms with Crippen LogP contribution in [0, 0.1) is 0 Å². The number of rotatable bonds is 33. The van der Waals surface area contributed by atoms with Crippen molar-refractivity contribution in [2.45, 2.75) is 355 Å². The Morgan fingerprint density at radius 3 is 0.852 bits per heavy atom. The molecule has 31 N–H and O–H groups in total. The van der Waals surface area contributed by atoms with Gasteiger partial charge in [-0.05, 0) is 6.92 Å². The summed E-state index contributed by atoms with van der Waals surface area (Å²) in [6.45, 7) is -2.88. The number of amides is 6. The molecule has 56 nitrogen and oxygen atoms in total. The molecule has 56 heteroatoms. The number of aliphatic hydroxyl groups excluding tert-OH is 25. The number of ether oxygens (including phenoxy) is 19. The van der Waals surface area contributed by atoms with Crippen molar-refractivity contribution in [2.75, 3.05) is 59.5 Å². The number of hydrogen-bond acceptors (Lipinski definition) is 50. The van der Waals surface area contributed by atoms with Gasteiger partial charge in [-0.2, -0.15) is 0 Å². The van der Waals surface area contributed by atoms with E-state index in [0.717, 1.165) is 41.5 Å². The lowest BCUT2D eigenvalue weighted by atomic mass is 9.93. The van der Waals surface area contributed by atoms with Crippen molar-refractivity contribution < 1.29 is 246 Å². The standard InChI is InChI=1S/C72H120N6O50/c1-17-39(92)51(104)54(107)69(112-17)110-16-32-59(47(100)33(63(109)113-32)73-18(2)86)124-66-36(76-21(5)89)50(103)58(30(14-85)118-66)125-70-55(108)60(126-72-62(53(106)43(96)27(11-82)117-72)128-68-38(78-23(7)91)49(102)57(29(13-84)120-68)123-65-35(75-20(4)88)46(99)41(94)25(9-80)115-65)44(97)31(121-70)15-111-71-61(52(105)42(95)26(10-81)116-71)127-67-37(77-22(6)90)48(101)56(28(12-83)119-67)122-64-34(74-19(3)87)45(98)40(93)24(8-79)114-64/h17,24-72,79-85,92-109H,8-16H2,1-7H3,(H,73,86)(H,74,87)(H,75,88)(H,76,89)(H,77,90)(H,78,91)/t17-,24+,25+,26+,27+,28+,29+,30+,31+,32+,33+,34+,35+,36+,37+,38-,39+,40+,41+,42+,43+,44+,45+,46+,47+,48+,49+,50+,51+,52-,53-,54-,55-,56+,57+,58+,59+,60-,61-,62-,63?,64-,65-,66-,67-,68-,69+,70-,71-,72+/m0/s1.